The molecule has 0 bridgehead atoms. The van der Waals surface area contributed by atoms with Crippen LogP contribution in [0.5, 0.6) is 0 Å². The van der Waals surface area contributed by atoms with Crippen LogP contribution in [0.1, 0.15) is 10.4 Å². The topological polar surface area (TPSA) is 105 Å². The van der Waals surface area contributed by atoms with Gasteiger partial charge in [-0.05, 0) is 24.3 Å². The monoisotopic (exact) mass is 367 g/mol. The van der Waals surface area contributed by atoms with E-state index in [0.29, 0.717) is 33.9 Å². The molecule has 0 aliphatic heterocycles. The van der Waals surface area contributed by atoms with Gasteiger partial charge in [-0.2, -0.15) is 5.10 Å². The molecule has 2 N–H and O–H groups in total. The Morgan fingerprint density at radius 1 is 0.821 bits per heavy atom. The lowest BCUT2D eigenvalue weighted by Crippen LogP contribution is -2.00. The molecule has 0 saturated heterocycles. The molecular weight excluding hydrogens is 354 g/mol. The smallest absolute Gasteiger partial charge is 0.336 e. The zero-order valence-electron chi connectivity index (χ0n) is 14.5. The Hall–Kier alpha value is -4.13. The molecule has 0 unspecified atom stereocenters. The third kappa shape index (κ3) is 2.66. The van der Waals surface area contributed by atoms with Crippen LogP contribution in [0.25, 0.3) is 44.8 Å². The maximum atomic E-state index is 11.7. The predicted octanol–water partition coefficient (Wildman–Crippen LogP) is 3.93. The summed E-state index contributed by atoms with van der Waals surface area (Å²) < 4.78 is 0. The SMILES string of the molecule is O=C(O)c1cc(-c2n[nH]c(-c3ccc4ccccc4n3)n2)nc2ccccc12. The van der Waals surface area contributed by atoms with Crippen LogP contribution >= 0.6 is 0 Å². The van der Waals surface area contributed by atoms with Crippen molar-refractivity contribution >= 4 is 27.8 Å². The Morgan fingerprint density at radius 3 is 2.43 bits per heavy atom. The third-order valence-electron chi connectivity index (χ3n) is 4.50. The molecule has 7 nitrogen and oxygen atoms in total. The van der Waals surface area contributed by atoms with E-state index in [4.69, 9.17) is 0 Å². The van der Waals surface area contributed by atoms with Gasteiger partial charge in [-0.25, -0.2) is 19.7 Å². The summed E-state index contributed by atoms with van der Waals surface area (Å²) in [6.07, 6.45) is 0. The number of fused-ring (bicyclic) bond motifs is 2. The van der Waals surface area contributed by atoms with E-state index in [1.165, 1.54) is 6.07 Å². The first kappa shape index (κ1) is 16.1. The van der Waals surface area contributed by atoms with E-state index in [1.807, 2.05) is 42.5 Å². The molecule has 28 heavy (non-hydrogen) atoms. The van der Waals surface area contributed by atoms with Gasteiger partial charge in [-0.1, -0.05) is 42.5 Å². The standard InChI is InChI=1S/C21H13N5O2/c27-21(28)14-11-18(23-16-8-4-2-6-13(14)16)20-24-19(25-26-20)17-10-9-12-5-1-3-7-15(12)22-17/h1-11H,(H,27,28)(H,24,25,26). The maximum Gasteiger partial charge on any atom is 0.336 e. The van der Waals surface area contributed by atoms with E-state index in [9.17, 15) is 9.90 Å². The first-order chi connectivity index (χ1) is 13.7. The highest BCUT2D eigenvalue weighted by atomic mass is 16.4. The van der Waals surface area contributed by atoms with E-state index in [-0.39, 0.29) is 5.56 Å². The minimum Gasteiger partial charge on any atom is -0.478 e. The molecule has 0 aliphatic carbocycles. The first-order valence-electron chi connectivity index (χ1n) is 8.61. The van der Waals surface area contributed by atoms with Crippen LogP contribution in [0, 0.1) is 0 Å². The van der Waals surface area contributed by atoms with Gasteiger partial charge in [-0.15, -0.1) is 0 Å². The van der Waals surface area contributed by atoms with Gasteiger partial charge in [0.25, 0.3) is 0 Å². The number of aromatic carboxylic acids is 1. The van der Waals surface area contributed by atoms with Gasteiger partial charge in [0.1, 0.15) is 11.4 Å². The quantitative estimate of drug-likeness (QED) is 0.500. The third-order valence-corrected chi connectivity index (χ3v) is 4.50. The number of nitrogens with one attached hydrogen (secondary N) is 1. The van der Waals surface area contributed by atoms with Crippen molar-refractivity contribution in [2.75, 3.05) is 0 Å². The predicted molar refractivity (Wildman–Crippen MR) is 105 cm³/mol. The van der Waals surface area contributed by atoms with E-state index < -0.39 is 5.97 Å². The average Bonchev–Trinajstić information content (AvgIpc) is 3.23. The molecule has 3 heterocycles. The summed E-state index contributed by atoms with van der Waals surface area (Å²) >= 11 is 0. The van der Waals surface area contributed by atoms with Gasteiger partial charge < -0.3 is 5.11 Å². The fourth-order valence-corrected chi connectivity index (χ4v) is 3.16. The molecule has 3 aromatic heterocycles. The van der Waals surface area contributed by atoms with Crippen molar-refractivity contribution in [2.45, 2.75) is 0 Å². The number of carboxylic acids is 1. The molecule has 134 valence electrons. The molecule has 0 spiro atoms. The molecule has 0 amide bonds. The van der Waals surface area contributed by atoms with Crippen LogP contribution in [0.15, 0.2) is 66.7 Å². The van der Waals surface area contributed by atoms with Gasteiger partial charge in [0, 0.05) is 10.8 Å². The maximum absolute atomic E-state index is 11.7. The highest BCUT2D eigenvalue weighted by molar-refractivity contribution is 6.03. The second-order valence-electron chi connectivity index (χ2n) is 6.27. The summed E-state index contributed by atoms with van der Waals surface area (Å²) in [5, 5.41) is 18.3. The first-order valence-corrected chi connectivity index (χ1v) is 8.61. The zero-order chi connectivity index (χ0) is 19.1. The Kier molecular flexibility index (Phi) is 3.58. The molecule has 2 aromatic carbocycles. The Bertz CT molecular complexity index is 1360. The molecule has 5 rings (SSSR count). The molecular formula is C21H13N5O2. The van der Waals surface area contributed by atoms with Crippen LogP contribution in [-0.4, -0.2) is 36.2 Å². The van der Waals surface area contributed by atoms with Crippen molar-refractivity contribution < 1.29 is 9.90 Å². The summed E-state index contributed by atoms with van der Waals surface area (Å²) in [6, 6.07) is 20.2. The number of hydrogen-bond donors (Lipinski definition) is 2. The number of nitrogens with zero attached hydrogens (tertiary/aromatic N) is 4. The van der Waals surface area contributed by atoms with Gasteiger partial charge in [0.05, 0.1) is 16.6 Å². The molecule has 0 aliphatic rings. The van der Waals surface area contributed by atoms with Crippen molar-refractivity contribution in [3.05, 3.63) is 72.3 Å². The number of hydrogen-bond acceptors (Lipinski definition) is 5. The van der Waals surface area contributed by atoms with E-state index >= 15 is 0 Å². The lowest BCUT2D eigenvalue weighted by atomic mass is 10.1. The minimum atomic E-state index is -1.02. The van der Waals surface area contributed by atoms with Crippen molar-refractivity contribution in [3.8, 4) is 23.0 Å². The Morgan fingerprint density at radius 2 is 1.57 bits per heavy atom. The number of para-hydroxylation sites is 2. The number of H-pyrrole nitrogens is 1. The fraction of sp³-hybridized carbons (Fsp3) is 0. The molecule has 5 aromatic rings. The normalized spacial score (nSPS) is 11.1. The highest BCUT2D eigenvalue weighted by Gasteiger charge is 2.16. The fourth-order valence-electron chi connectivity index (χ4n) is 3.16. The zero-order valence-corrected chi connectivity index (χ0v) is 14.5. The van der Waals surface area contributed by atoms with Crippen LogP contribution in [0.3, 0.4) is 0 Å². The largest absolute Gasteiger partial charge is 0.478 e. The highest BCUT2D eigenvalue weighted by Crippen LogP contribution is 2.25. The average molecular weight is 367 g/mol. The van der Waals surface area contributed by atoms with Crippen LogP contribution in [0.2, 0.25) is 0 Å². The van der Waals surface area contributed by atoms with Crippen molar-refractivity contribution in [3.63, 3.8) is 0 Å². The van der Waals surface area contributed by atoms with Crippen molar-refractivity contribution in [1.29, 1.82) is 0 Å². The van der Waals surface area contributed by atoms with Crippen molar-refractivity contribution in [2.24, 2.45) is 0 Å². The van der Waals surface area contributed by atoms with E-state index in [1.54, 1.807) is 18.2 Å². The summed E-state index contributed by atoms with van der Waals surface area (Å²) in [4.78, 5) is 25.3. The molecule has 0 atom stereocenters. The molecule has 0 radical (unpaired) electrons. The number of carboxylic acid groups (broad SMARTS) is 1. The number of benzene rings is 2. The van der Waals surface area contributed by atoms with Crippen LogP contribution in [0.4, 0.5) is 0 Å². The number of aromatic amines is 1. The van der Waals surface area contributed by atoms with E-state index in [2.05, 4.69) is 25.1 Å². The van der Waals surface area contributed by atoms with Gasteiger partial charge >= 0.3 is 5.97 Å². The second kappa shape index (κ2) is 6.24. The lowest BCUT2D eigenvalue weighted by molar-refractivity contribution is 0.0699. The molecule has 7 heteroatoms. The number of carbonyl (C=O) groups is 1. The summed E-state index contributed by atoms with van der Waals surface area (Å²) in [6.45, 7) is 0. The molecule has 0 fully saturated rings. The summed E-state index contributed by atoms with van der Waals surface area (Å²) in [7, 11) is 0. The minimum absolute atomic E-state index is 0.163. The van der Waals surface area contributed by atoms with Gasteiger partial charge in [0.2, 0.25) is 0 Å². The lowest BCUT2D eigenvalue weighted by Gasteiger charge is -2.04. The Balaban J connectivity index is 1.61. The van der Waals surface area contributed by atoms with E-state index in [0.717, 1.165) is 10.9 Å². The Labute approximate surface area is 158 Å². The van der Waals surface area contributed by atoms with Gasteiger partial charge in [0.15, 0.2) is 11.6 Å². The number of aromatic nitrogens is 5. The van der Waals surface area contributed by atoms with Gasteiger partial charge in [-0.3, -0.25) is 5.10 Å². The van der Waals surface area contributed by atoms with Crippen LogP contribution in [-0.2, 0) is 0 Å². The summed E-state index contributed by atoms with van der Waals surface area (Å²) in [5.41, 5.74) is 2.63. The van der Waals surface area contributed by atoms with Crippen molar-refractivity contribution in [1.82, 2.24) is 25.1 Å². The van der Waals surface area contributed by atoms with Crippen LogP contribution < -0.4 is 0 Å². The molecule has 0 saturated carbocycles. The number of pyridine rings is 2. The number of rotatable bonds is 3. The summed E-state index contributed by atoms with van der Waals surface area (Å²) in [5.74, 6) is -0.211. The second-order valence-corrected chi connectivity index (χ2v) is 6.27.